The first kappa shape index (κ1) is 15.8. The van der Waals surface area contributed by atoms with Crippen molar-refractivity contribution in [1.29, 1.82) is 0 Å². The van der Waals surface area contributed by atoms with Gasteiger partial charge in [-0.3, -0.25) is 24.5 Å². The van der Waals surface area contributed by atoms with E-state index in [4.69, 9.17) is 11.6 Å². The first-order chi connectivity index (χ1) is 12.1. The molecule has 1 aliphatic rings. The number of aromatic amines is 1. The molecule has 128 valence electrons. The minimum atomic E-state index is 0.0681. The minimum absolute atomic E-state index is 0.0681. The molecule has 3 aromatic rings. The third kappa shape index (κ3) is 3.02. The fourth-order valence-electron chi connectivity index (χ4n) is 3.29. The highest BCUT2D eigenvalue weighted by Gasteiger charge is 2.30. The lowest BCUT2D eigenvalue weighted by Crippen LogP contribution is -2.38. The van der Waals surface area contributed by atoms with Gasteiger partial charge in [-0.05, 0) is 24.6 Å². The van der Waals surface area contributed by atoms with Crippen LogP contribution in [-0.4, -0.2) is 37.4 Å². The Morgan fingerprint density at radius 1 is 1.28 bits per heavy atom. The molecule has 0 aliphatic carbocycles. The van der Waals surface area contributed by atoms with Gasteiger partial charge in [-0.1, -0.05) is 11.6 Å². The van der Waals surface area contributed by atoms with Crippen molar-refractivity contribution in [3.8, 4) is 11.3 Å². The Balaban J connectivity index is 1.51. The van der Waals surface area contributed by atoms with Crippen LogP contribution in [0.2, 0.25) is 5.15 Å². The van der Waals surface area contributed by atoms with Crippen LogP contribution in [-0.2, 0) is 11.8 Å². The van der Waals surface area contributed by atoms with Crippen molar-refractivity contribution in [2.45, 2.75) is 18.8 Å². The lowest BCUT2D eigenvalue weighted by molar-refractivity contribution is -0.120. The van der Waals surface area contributed by atoms with Crippen molar-refractivity contribution in [1.82, 2.24) is 25.0 Å². The Bertz CT molecular complexity index is 903. The van der Waals surface area contributed by atoms with Gasteiger partial charge in [0.05, 0.1) is 5.69 Å². The number of amides is 1. The van der Waals surface area contributed by atoms with Crippen molar-refractivity contribution in [2.75, 3.05) is 11.4 Å². The number of H-pyrrole nitrogens is 1. The molecule has 0 saturated carbocycles. The normalized spacial score (nSPS) is 17.9. The molecule has 0 spiro atoms. The Labute approximate surface area is 149 Å². The van der Waals surface area contributed by atoms with E-state index in [1.165, 1.54) is 0 Å². The van der Waals surface area contributed by atoms with Crippen molar-refractivity contribution in [2.24, 2.45) is 7.05 Å². The summed E-state index contributed by atoms with van der Waals surface area (Å²) in [4.78, 5) is 18.4. The number of pyridine rings is 1. The number of carbonyl (C=O) groups excluding carboxylic acids is 1. The van der Waals surface area contributed by atoms with Gasteiger partial charge in [-0.15, -0.1) is 0 Å². The predicted octanol–water partition coefficient (Wildman–Crippen LogP) is 2.77. The maximum Gasteiger partial charge on any atom is 0.228 e. The van der Waals surface area contributed by atoms with Crippen molar-refractivity contribution in [3.05, 3.63) is 47.5 Å². The second-order valence-electron chi connectivity index (χ2n) is 6.12. The first-order valence-corrected chi connectivity index (χ1v) is 8.45. The standard InChI is InChI=1S/C17H17ClN6O/c1-23-14(10-15(18)22-23)12-4-7-24(17(25)8-12)16-9-13(20-21-16)11-2-5-19-6-3-11/h2-3,5-6,9-10,12H,4,7-8H2,1H3,(H,20,21). The fourth-order valence-corrected chi connectivity index (χ4v) is 3.51. The first-order valence-electron chi connectivity index (χ1n) is 8.07. The summed E-state index contributed by atoms with van der Waals surface area (Å²) in [6, 6.07) is 7.52. The summed E-state index contributed by atoms with van der Waals surface area (Å²) in [5.74, 6) is 0.924. The van der Waals surface area contributed by atoms with Crippen LogP contribution in [0.3, 0.4) is 0 Å². The summed E-state index contributed by atoms with van der Waals surface area (Å²) < 4.78 is 1.76. The fraction of sp³-hybridized carbons (Fsp3) is 0.294. The maximum atomic E-state index is 12.6. The van der Waals surface area contributed by atoms with Crippen LogP contribution >= 0.6 is 11.6 Å². The number of nitrogens with one attached hydrogen (secondary N) is 1. The van der Waals surface area contributed by atoms with Gasteiger partial charge in [-0.25, -0.2) is 0 Å². The van der Waals surface area contributed by atoms with Crippen molar-refractivity contribution < 1.29 is 4.79 Å². The third-order valence-corrected chi connectivity index (χ3v) is 4.74. The number of aryl methyl sites for hydroxylation is 1. The summed E-state index contributed by atoms with van der Waals surface area (Å²) in [7, 11) is 1.86. The number of hydrogen-bond acceptors (Lipinski definition) is 4. The van der Waals surface area contributed by atoms with Gasteiger partial charge in [0, 0.05) is 55.6 Å². The summed E-state index contributed by atoms with van der Waals surface area (Å²) in [6.07, 6.45) is 4.73. The molecule has 1 fully saturated rings. The molecular formula is C17H17ClN6O. The van der Waals surface area contributed by atoms with Crippen molar-refractivity contribution >= 4 is 23.3 Å². The zero-order chi connectivity index (χ0) is 17.4. The van der Waals surface area contributed by atoms with E-state index in [1.54, 1.807) is 22.0 Å². The number of nitrogens with zero attached hydrogens (tertiary/aromatic N) is 5. The number of piperidine rings is 1. The van der Waals surface area contributed by atoms with Gasteiger partial charge < -0.3 is 0 Å². The van der Waals surface area contributed by atoms with Gasteiger partial charge in [0.2, 0.25) is 5.91 Å². The van der Waals surface area contributed by atoms with E-state index in [1.807, 2.05) is 31.3 Å². The zero-order valence-corrected chi connectivity index (χ0v) is 14.4. The quantitative estimate of drug-likeness (QED) is 0.782. The van der Waals surface area contributed by atoms with Crippen molar-refractivity contribution in [3.63, 3.8) is 0 Å². The molecule has 1 saturated heterocycles. The molecule has 4 rings (SSSR count). The number of aromatic nitrogens is 5. The molecule has 8 heteroatoms. The molecule has 4 heterocycles. The number of carbonyl (C=O) groups is 1. The number of halogens is 1. The van der Waals surface area contributed by atoms with E-state index in [9.17, 15) is 4.79 Å². The Morgan fingerprint density at radius 3 is 2.76 bits per heavy atom. The van der Waals surface area contributed by atoms with Crippen LogP contribution < -0.4 is 4.90 Å². The van der Waals surface area contributed by atoms with Gasteiger partial charge in [0.1, 0.15) is 5.82 Å². The molecule has 1 aliphatic heterocycles. The Hall–Kier alpha value is -2.67. The van der Waals surface area contributed by atoms with E-state index < -0.39 is 0 Å². The number of rotatable bonds is 3. The minimum Gasteiger partial charge on any atom is -0.297 e. The summed E-state index contributed by atoms with van der Waals surface area (Å²) in [5, 5.41) is 11.9. The molecule has 1 N–H and O–H groups in total. The highest BCUT2D eigenvalue weighted by atomic mass is 35.5. The average Bonchev–Trinajstić information content (AvgIpc) is 3.22. The maximum absolute atomic E-state index is 12.6. The summed E-state index contributed by atoms with van der Waals surface area (Å²) in [5.41, 5.74) is 2.76. The van der Waals surface area contributed by atoms with Crippen LogP contribution in [0.1, 0.15) is 24.5 Å². The molecule has 1 unspecified atom stereocenters. The third-order valence-electron chi connectivity index (χ3n) is 4.56. The van der Waals surface area contributed by atoms with E-state index >= 15 is 0 Å². The topological polar surface area (TPSA) is 79.7 Å². The molecular weight excluding hydrogens is 340 g/mol. The smallest absolute Gasteiger partial charge is 0.228 e. The molecule has 1 amide bonds. The average molecular weight is 357 g/mol. The summed E-state index contributed by atoms with van der Waals surface area (Å²) in [6.45, 7) is 0.629. The number of hydrogen-bond donors (Lipinski definition) is 1. The van der Waals surface area contributed by atoms with Crippen LogP contribution in [0.15, 0.2) is 36.7 Å². The predicted molar refractivity (Wildman–Crippen MR) is 94.4 cm³/mol. The lowest BCUT2D eigenvalue weighted by Gasteiger charge is -2.30. The SMILES string of the molecule is Cn1nc(Cl)cc1C1CCN(c2cc(-c3ccncc3)n[nH]2)C(=O)C1. The zero-order valence-electron chi connectivity index (χ0n) is 13.7. The second kappa shape index (κ2) is 6.33. The van der Waals surface area contributed by atoms with Gasteiger partial charge >= 0.3 is 0 Å². The molecule has 0 aromatic carbocycles. The molecule has 0 bridgehead atoms. The van der Waals surface area contributed by atoms with E-state index in [-0.39, 0.29) is 11.8 Å². The Kier molecular flexibility index (Phi) is 4.01. The number of anilines is 1. The molecule has 1 atom stereocenters. The van der Waals surface area contributed by atoms with E-state index in [0.29, 0.717) is 18.1 Å². The highest BCUT2D eigenvalue weighted by molar-refractivity contribution is 6.29. The summed E-state index contributed by atoms with van der Waals surface area (Å²) >= 11 is 5.96. The second-order valence-corrected chi connectivity index (χ2v) is 6.51. The van der Waals surface area contributed by atoms with E-state index in [0.717, 1.165) is 29.2 Å². The van der Waals surface area contributed by atoms with Crippen LogP contribution in [0.25, 0.3) is 11.3 Å². The highest BCUT2D eigenvalue weighted by Crippen LogP contribution is 2.32. The molecule has 0 radical (unpaired) electrons. The van der Waals surface area contributed by atoms with Crippen LogP contribution in [0.4, 0.5) is 5.82 Å². The van der Waals surface area contributed by atoms with Gasteiger partial charge in [0.15, 0.2) is 5.15 Å². The monoisotopic (exact) mass is 356 g/mol. The molecule has 25 heavy (non-hydrogen) atoms. The lowest BCUT2D eigenvalue weighted by atomic mass is 9.93. The van der Waals surface area contributed by atoms with Crippen LogP contribution in [0.5, 0.6) is 0 Å². The van der Waals surface area contributed by atoms with Crippen LogP contribution in [0, 0.1) is 0 Å². The Morgan fingerprint density at radius 2 is 2.08 bits per heavy atom. The molecule has 3 aromatic heterocycles. The largest absolute Gasteiger partial charge is 0.297 e. The van der Waals surface area contributed by atoms with Gasteiger partial charge in [0.25, 0.3) is 0 Å². The van der Waals surface area contributed by atoms with Gasteiger partial charge in [-0.2, -0.15) is 10.2 Å². The van der Waals surface area contributed by atoms with E-state index in [2.05, 4.69) is 20.3 Å². The molecule has 7 nitrogen and oxygen atoms in total.